The average Bonchev–Trinajstić information content (AvgIpc) is 1.96. The van der Waals surface area contributed by atoms with Crippen molar-refractivity contribution in [1.29, 1.82) is 0 Å². The molecule has 0 aromatic carbocycles. The van der Waals surface area contributed by atoms with Crippen molar-refractivity contribution in [1.82, 2.24) is 5.32 Å². The molecule has 0 saturated heterocycles. The average molecular weight is 181 g/mol. The third-order valence-electron chi connectivity index (χ3n) is 1.69. The van der Waals surface area contributed by atoms with Crippen molar-refractivity contribution in [3.8, 4) is 0 Å². The van der Waals surface area contributed by atoms with Gasteiger partial charge in [-0.05, 0) is 39.3 Å². The van der Waals surface area contributed by atoms with Crippen LogP contribution in [0.4, 0.5) is 0 Å². The summed E-state index contributed by atoms with van der Waals surface area (Å²) >= 11 is 0. The summed E-state index contributed by atoms with van der Waals surface area (Å²) in [7, 11) is 0. The summed E-state index contributed by atoms with van der Waals surface area (Å²) < 4.78 is 0. The minimum atomic E-state index is 0. The molecular weight excluding hydrogens is 157 g/mol. The van der Waals surface area contributed by atoms with Crippen LogP contribution in [0.3, 0.4) is 0 Å². The molecule has 0 saturated carbocycles. The molecule has 13 heavy (non-hydrogen) atoms. The number of nitrogens with two attached hydrogens (primary N) is 2. The molecule has 0 aliphatic carbocycles. The minimum absolute atomic E-state index is 0. The fourth-order valence-electron chi connectivity index (χ4n) is 1.02. The third-order valence-corrected chi connectivity index (χ3v) is 1.69. The van der Waals surface area contributed by atoms with Crippen LogP contribution >= 0.6 is 0 Å². The van der Waals surface area contributed by atoms with E-state index in [9.17, 15) is 0 Å². The van der Waals surface area contributed by atoms with Crippen molar-refractivity contribution in [2.24, 2.45) is 5.73 Å². The molecule has 0 rings (SSSR count). The van der Waals surface area contributed by atoms with E-state index >= 15 is 0 Å². The molecule has 1 atom stereocenters. The molecule has 0 radical (unpaired) electrons. The van der Waals surface area contributed by atoms with Gasteiger partial charge in [0.1, 0.15) is 0 Å². The van der Waals surface area contributed by atoms with Crippen LogP contribution in [0.25, 0.3) is 6.15 Å². The Morgan fingerprint density at radius 3 is 2.31 bits per heavy atom. The molecule has 0 spiro atoms. The van der Waals surface area contributed by atoms with E-state index in [1.165, 1.54) is 19.3 Å². The Balaban J connectivity index is -0.000000500. The maximum Gasteiger partial charge on any atom is 1.00 e. The predicted octanol–water partition coefficient (Wildman–Crippen LogP) is -0.775. The Labute approximate surface area is 95.0 Å². The first-order valence-corrected chi connectivity index (χ1v) is 4.73. The molecule has 3 nitrogen and oxygen atoms in total. The van der Waals surface area contributed by atoms with Crippen molar-refractivity contribution >= 4 is 0 Å². The summed E-state index contributed by atoms with van der Waals surface area (Å²) in [5.74, 6) is 0. The molecule has 5 N–H and O–H groups in total. The summed E-state index contributed by atoms with van der Waals surface area (Å²) in [5.41, 5.74) is 5.61. The molecule has 0 bridgehead atoms. The van der Waals surface area contributed by atoms with Crippen LogP contribution in [0.2, 0.25) is 0 Å². The van der Waals surface area contributed by atoms with E-state index in [0.717, 1.165) is 19.5 Å². The molecule has 76 valence electrons. The van der Waals surface area contributed by atoms with Gasteiger partial charge in [-0.25, -0.2) is 0 Å². The number of unbranched alkanes of at least 4 members (excludes halogenated alkanes) is 1. The van der Waals surface area contributed by atoms with Crippen molar-refractivity contribution in [3.05, 3.63) is 6.15 Å². The normalized spacial score (nSPS) is 11.3. The number of hydrogen-bond donors (Lipinski definition) is 2. The Kier molecular flexibility index (Phi) is 22.0. The molecule has 0 heterocycles. The molecular formula is C9H24LiN3. The number of hydrogen-bond acceptors (Lipinski definition) is 2. The fourth-order valence-corrected chi connectivity index (χ4v) is 1.02. The summed E-state index contributed by atoms with van der Waals surface area (Å²) in [5, 5.41) is 3.37. The Morgan fingerprint density at radius 1 is 1.23 bits per heavy atom. The minimum Gasteiger partial charge on any atom is -0.693 e. The van der Waals surface area contributed by atoms with E-state index in [2.05, 4.69) is 19.2 Å². The summed E-state index contributed by atoms with van der Waals surface area (Å²) in [6.45, 7) is 6.56. The second-order valence-corrected chi connectivity index (χ2v) is 3.22. The van der Waals surface area contributed by atoms with Crippen molar-refractivity contribution in [3.63, 3.8) is 0 Å². The predicted molar refractivity (Wildman–Crippen MR) is 55.9 cm³/mol. The molecule has 0 aromatic rings. The van der Waals surface area contributed by atoms with Crippen LogP contribution < -0.4 is 29.9 Å². The molecule has 4 heteroatoms. The monoisotopic (exact) mass is 181 g/mol. The van der Waals surface area contributed by atoms with E-state index in [1.54, 1.807) is 0 Å². The molecule has 1 unspecified atom stereocenters. The first-order valence-electron chi connectivity index (χ1n) is 4.73. The van der Waals surface area contributed by atoms with Gasteiger partial charge in [0.25, 0.3) is 0 Å². The topological polar surface area (TPSA) is 71.5 Å². The standard InChI is InChI=1S/C9H22N2.Li.H2N/c1-3-7-11-8-5-4-6-9(2)10;;/h9,11H,3-8,10H2,1-2H3;;1H2/q;+1;-1. The van der Waals surface area contributed by atoms with Crippen molar-refractivity contribution in [2.75, 3.05) is 13.1 Å². The van der Waals surface area contributed by atoms with Crippen LogP contribution in [-0.4, -0.2) is 19.1 Å². The van der Waals surface area contributed by atoms with Crippen molar-refractivity contribution in [2.45, 2.75) is 45.6 Å². The van der Waals surface area contributed by atoms with Gasteiger partial charge >= 0.3 is 18.9 Å². The zero-order valence-corrected chi connectivity index (χ0v) is 9.47. The van der Waals surface area contributed by atoms with Gasteiger partial charge in [0, 0.05) is 6.04 Å². The van der Waals surface area contributed by atoms with Crippen LogP contribution in [0, 0.1) is 0 Å². The first-order chi connectivity index (χ1) is 5.27. The van der Waals surface area contributed by atoms with E-state index < -0.39 is 0 Å². The quantitative estimate of drug-likeness (QED) is 0.399. The Morgan fingerprint density at radius 2 is 1.85 bits per heavy atom. The van der Waals surface area contributed by atoms with Gasteiger partial charge in [-0.1, -0.05) is 13.3 Å². The van der Waals surface area contributed by atoms with Crippen LogP contribution in [0.5, 0.6) is 0 Å². The van der Waals surface area contributed by atoms with Gasteiger partial charge in [0.2, 0.25) is 0 Å². The van der Waals surface area contributed by atoms with E-state index in [1.807, 2.05) is 0 Å². The number of rotatable bonds is 7. The zero-order chi connectivity index (χ0) is 8.53. The molecule has 0 amide bonds. The van der Waals surface area contributed by atoms with Crippen LogP contribution in [-0.2, 0) is 0 Å². The van der Waals surface area contributed by atoms with E-state index in [-0.39, 0.29) is 25.0 Å². The maximum atomic E-state index is 5.61. The molecule has 0 aliphatic heterocycles. The second kappa shape index (κ2) is 15.0. The van der Waals surface area contributed by atoms with Gasteiger partial charge in [-0.15, -0.1) is 0 Å². The second-order valence-electron chi connectivity index (χ2n) is 3.22. The summed E-state index contributed by atoms with van der Waals surface area (Å²) in [4.78, 5) is 0. The molecule has 0 aromatic heterocycles. The van der Waals surface area contributed by atoms with Crippen molar-refractivity contribution < 1.29 is 18.9 Å². The van der Waals surface area contributed by atoms with Gasteiger partial charge in [0.05, 0.1) is 0 Å². The van der Waals surface area contributed by atoms with Crippen LogP contribution in [0.15, 0.2) is 0 Å². The summed E-state index contributed by atoms with van der Waals surface area (Å²) in [6, 6.07) is 0.376. The van der Waals surface area contributed by atoms with Gasteiger partial charge in [-0.2, -0.15) is 0 Å². The molecule has 0 fully saturated rings. The maximum absolute atomic E-state index is 5.61. The fraction of sp³-hybridized carbons (Fsp3) is 1.00. The van der Waals surface area contributed by atoms with Gasteiger partial charge in [-0.3, -0.25) is 0 Å². The smallest absolute Gasteiger partial charge is 0.693 e. The van der Waals surface area contributed by atoms with E-state index in [4.69, 9.17) is 5.73 Å². The summed E-state index contributed by atoms with van der Waals surface area (Å²) in [6.07, 6.45) is 4.91. The number of nitrogens with one attached hydrogen (secondary N) is 1. The zero-order valence-electron chi connectivity index (χ0n) is 9.47. The first kappa shape index (κ1) is 19.1. The largest absolute Gasteiger partial charge is 1.00 e. The van der Waals surface area contributed by atoms with Crippen LogP contribution in [0.1, 0.15) is 39.5 Å². The van der Waals surface area contributed by atoms with Gasteiger partial charge < -0.3 is 17.2 Å². The third kappa shape index (κ3) is 19.1. The van der Waals surface area contributed by atoms with E-state index in [0.29, 0.717) is 6.04 Å². The Bertz CT molecular complexity index is 79.3. The van der Waals surface area contributed by atoms with Gasteiger partial charge in [0.15, 0.2) is 0 Å². The molecule has 0 aliphatic rings. The SMILES string of the molecule is CCCNCCCCC(C)N.[Li+].[NH2-]. The Hall–Kier alpha value is 0.477.